The molecule has 0 radical (unpaired) electrons. The van der Waals surface area contributed by atoms with Gasteiger partial charge in [-0.15, -0.1) is 0 Å². The normalized spacial score (nSPS) is 28.4. The quantitative estimate of drug-likeness (QED) is 0.831. The maximum atomic E-state index is 12.7. The summed E-state index contributed by atoms with van der Waals surface area (Å²) in [5.74, 6) is 0. The van der Waals surface area contributed by atoms with Crippen LogP contribution in [0.5, 0.6) is 0 Å². The molecule has 3 rings (SSSR count). The number of nitrogens with two attached hydrogens (primary N) is 1. The van der Waals surface area contributed by atoms with Crippen LogP contribution in [0, 0.1) is 0 Å². The maximum absolute atomic E-state index is 12.7. The zero-order valence-corrected chi connectivity index (χ0v) is 12.5. The molecule has 1 aromatic carbocycles. The fourth-order valence-corrected chi connectivity index (χ4v) is 4.78. The molecule has 2 saturated heterocycles. The van der Waals surface area contributed by atoms with E-state index >= 15 is 0 Å². The van der Waals surface area contributed by atoms with E-state index in [2.05, 4.69) is 11.9 Å². The zero-order chi connectivity index (χ0) is 14.3. The van der Waals surface area contributed by atoms with Gasteiger partial charge in [-0.25, -0.2) is 8.42 Å². The number of nitrogen functional groups attached to an aromatic ring is 1. The Morgan fingerprint density at radius 2 is 1.75 bits per heavy atom. The van der Waals surface area contributed by atoms with Gasteiger partial charge in [0, 0.05) is 30.9 Å². The summed E-state index contributed by atoms with van der Waals surface area (Å²) >= 11 is 0. The Kier molecular flexibility index (Phi) is 3.48. The van der Waals surface area contributed by atoms with E-state index < -0.39 is 10.0 Å². The predicted molar refractivity (Wildman–Crippen MR) is 78.8 cm³/mol. The number of hydrogen-bond donors (Lipinski definition) is 1. The van der Waals surface area contributed by atoms with Crippen LogP contribution in [-0.2, 0) is 10.0 Å². The van der Waals surface area contributed by atoms with Crippen LogP contribution in [-0.4, -0.2) is 49.8 Å². The first-order valence-corrected chi connectivity index (χ1v) is 8.50. The summed E-state index contributed by atoms with van der Waals surface area (Å²) in [6.45, 7) is 1.21. The topological polar surface area (TPSA) is 66.6 Å². The number of rotatable bonds is 2. The third-order valence-electron chi connectivity index (χ3n) is 4.63. The van der Waals surface area contributed by atoms with Gasteiger partial charge in [-0.2, -0.15) is 4.31 Å². The summed E-state index contributed by atoms with van der Waals surface area (Å²) in [6, 6.07) is 7.36. The van der Waals surface area contributed by atoms with E-state index in [0.717, 1.165) is 12.8 Å². The summed E-state index contributed by atoms with van der Waals surface area (Å²) in [4.78, 5) is 2.69. The van der Waals surface area contributed by atoms with Crippen molar-refractivity contribution in [2.24, 2.45) is 0 Å². The lowest BCUT2D eigenvalue weighted by Gasteiger charge is -2.25. The number of benzene rings is 1. The smallest absolute Gasteiger partial charge is 0.243 e. The second kappa shape index (κ2) is 5.02. The van der Waals surface area contributed by atoms with Gasteiger partial charge in [0.05, 0.1) is 4.90 Å². The molecule has 20 heavy (non-hydrogen) atoms. The highest BCUT2D eigenvalue weighted by molar-refractivity contribution is 7.89. The van der Waals surface area contributed by atoms with Gasteiger partial charge >= 0.3 is 0 Å². The molecule has 2 aliphatic rings. The third-order valence-corrected chi connectivity index (χ3v) is 6.51. The van der Waals surface area contributed by atoms with E-state index in [9.17, 15) is 8.42 Å². The first-order valence-electron chi connectivity index (χ1n) is 7.06. The molecule has 2 unspecified atom stereocenters. The van der Waals surface area contributed by atoms with Crippen LogP contribution in [0.2, 0.25) is 0 Å². The Balaban J connectivity index is 1.86. The molecule has 0 spiro atoms. The van der Waals surface area contributed by atoms with Gasteiger partial charge in [-0.1, -0.05) is 0 Å². The van der Waals surface area contributed by atoms with Crippen LogP contribution in [0.4, 0.5) is 5.69 Å². The molecule has 1 aromatic rings. The van der Waals surface area contributed by atoms with Gasteiger partial charge in [0.2, 0.25) is 10.0 Å². The second-order valence-electron chi connectivity index (χ2n) is 5.77. The Bertz CT molecular complexity index is 585. The van der Waals surface area contributed by atoms with Crippen molar-refractivity contribution in [2.75, 3.05) is 25.9 Å². The average molecular weight is 295 g/mol. The van der Waals surface area contributed by atoms with Gasteiger partial charge in [-0.3, -0.25) is 4.90 Å². The Morgan fingerprint density at radius 3 is 2.45 bits per heavy atom. The van der Waals surface area contributed by atoms with Crippen LogP contribution in [0.3, 0.4) is 0 Å². The van der Waals surface area contributed by atoms with E-state index in [4.69, 9.17) is 5.73 Å². The van der Waals surface area contributed by atoms with Crippen LogP contribution in [0.25, 0.3) is 0 Å². The SMILES string of the molecule is CN1C2CCC1CN(S(=O)(=O)c1ccc(N)cc1)CC2. The van der Waals surface area contributed by atoms with E-state index in [1.807, 2.05) is 0 Å². The van der Waals surface area contributed by atoms with Crippen molar-refractivity contribution in [1.29, 1.82) is 0 Å². The number of likely N-dealkylation sites (N-methyl/N-ethyl adjacent to an activating group) is 1. The highest BCUT2D eigenvalue weighted by Crippen LogP contribution is 2.30. The van der Waals surface area contributed by atoms with Crippen LogP contribution >= 0.6 is 0 Å². The average Bonchev–Trinajstić information content (AvgIpc) is 2.63. The Morgan fingerprint density at radius 1 is 1.10 bits per heavy atom. The van der Waals surface area contributed by atoms with E-state index in [0.29, 0.717) is 35.8 Å². The summed E-state index contributed by atoms with van der Waals surface area (Å²) in [7, 11) is -1.28. The lowest BCUT2D eigenvalue weighted by Crippen LogP contribution is -2.39. The fourth-order valence-electron chi connectivity index (χ4n) is 3.28. The molecule has 0 aromatic heterocycles. The Hall–Kier alpha value is -1.11. The first kappa shape index (κ1) is 13.9. The Labute approximate surface area is 120 Å². The number of nitrogens with zero attached hydrogens (tertiary/aromatic N) is 2. The van der Waals surface area contributed by atoms with Crippen molar-refractivity contribution in [3.05, 3.63) is 24.3 Å². The van der Waals surface area contributed by atoms with Crippen molar-refractivity contribution in [3.8, 4) is 0 Å². The summed E-state index contributed by atoms with van der Waals surface area (Å²) in [5.41, 5.74) is 6.21. The van der Waals surface area contributed by atoms with Crippen molar-refractivity contribution < 1.29 is 8.42 Å². The van der Waals surface area contributed by atoms with Crippen LogP contribution < -0.4 is 5.73 Å². The monoisotopic (exact) mass is 295 g/mol. The lowest BCUT2D eigenvalue weighted by atomic mass is 10.1. The van der Waals surface area contributed by atoms with Gasteiger partial charge in [0.25, 0.3) is 0 Å². The first-order chi connectivity index (χ1) is 9.48. The van der Waals surface area contributed by atoms with Gasteiger partial charge < -0.3 is 5.73 Å². The lowest BCUT2D eigenvalue weighted by molar-refractivity contribution is 0.246. The number of fused-ring (bicyclic) bond motifs is 2. The van der Waals surface area contributed by atoms with Gasteiger partial charge in [0.1, 0.15) is 0 Å². The summed E-state index contributed by atoms with van der Waals surface area (Å²) in [5, 5.41) is 0. The minimum absolute atomic E-state index is 0.340. The van der Waals surface area contributed by atoms with E-state index in [-0.39, 0.29) is 0 Å². The third kappa shape index (κ3) is 2.32. The molecule has 2 aliphatic heterocycles. The summed E-state index contributed by atoms with van der Waals surface area (Å²) in [6.07, 6.45) is 3.20. The van der Waals surface area contributed by atoms with Crippen molar-refractivity contribution >= 4 is 15.7 Å². The molecule has 2 heterocycles. The molecule has 0 saturated carbocycles. The van der Waals surface area contributed by atoms with Crippen molar-refractivity contribution in [1.82, 2.24) is 9.21 Å². The molecule has 5 nitrogen and oxygen atoms in total. The van der Waals surface area contributed by atoms with E-state index in [1.54, 1.807) is 28.6 Å². The molecule has 0 aliphatic carbocycles. The zero-order valence-electron chi connectivity index (χ0n) is 11.7. The van der Waals surface area contributed by atoms with Crippen LogP contribution in [0.1, 0.15) is 19.3 Å². The molecular weight excluding hydrogens is 274 g/mol. The number of hydrogen-bond acceptors (Lipinski definition) is 4. The molecule has 2 atom stereocenters. The molecule has 0 amide bonds. The van der Waals surface area contributed by atoms with Gasteiger partial charge in [0.15, 0.2) is 0 Å². The standard InChI is InChI=1S/C14H21N3O2S/c1-16-12-4-5-13(16)10-17(9-8-12)20(18,19)14-6-2-11(15)3-7-14/h2-3,6-7,12-13H,4-5,8-10,15H2,1H3. The number of sulfonamides is 1. The van der Waals surface area contributed by atoms with E-state index in [1.165, 1.54) is 6.42 Å². The molecule has 2 N–H and O–H groups in total. The van der Waals surface area contributed by atoms with Gasteiger partial charge in [-0.05, 0) is 50.6 Å². The molecule has 110 valence electrons. The minimum Gasteiger partial charge on any atom is -0.399 e. The highest BCUT2D eigenvalue weighted by Gasteiger charge is 2.38. The van der Waals surface area contributed by atoms with Crippen molar-refractivity contribution in [3.63, 3.8) is 0 Å². The van der Waals surface area contributed by atoms with Crippen LogP contribution in [0.15, 0.2) is 29.2 Å². The maximum Gasteiger partial charge on any atom is 0.243 e. The molecule has 6 heteroatoms. The molecule has 2 fully saturated rings. The predicted octanol–water partition coefficient (Wildman–Crippen LogP) is 1.13. The molecule has 2 bridgehead atoms. The largest absolute Gasteiger partial charge is 0.399 e. The number of anilines is 1. The summed E-state index contributed by atoms with van der Waals surface area (Å²) < 4.78 is 27.0. The second-order valence-corrected chi connectivity index (χ2v) is 7.71. The minimum atomic E-state index is -3.40. The van der Waals surface area contributed by atoms with Crippen molar-refractivity contribution in [2.45, 2.75) is 36.2 Å². The fraction of sp³-hybridized carbons (Fsp3) is 0.571. The highest BCUT2D eigenvalue weighted by atomic mass is 32.2. The molecular formula is C14H21N3O2S.